The number of rotatable bonds is 6. The van der Waals surface area contributed by atoms with E-state index in [1.165, 1.54) is 23.6 Å². The summed E-state index contributed by atoms with van der Waals surface area (Å²) in [6, 6.07) is 0.519. The van der Waals surface area contributed by atoms with Gasteiger partial charge in [-0.25, -0.2) is 4.68 Å². The molecule has 0 bridgehead atoms. The molecular formula is C12H21N5O3S. The van der Waals surface area contributed by atoms with Crippen molar-refractivity contribution in [3.05, 3.63) is 0 Å². The Labute approximate surface area is 128 Å². The average molecular weight is 315 g/mol. The van der Waals surface area contributed by atoms with E-state index in [9.17, 15) is 4.79 Å². The van der Waals surface area contributed by atoms with Gasteiger partial charge in [-0.2, -0.15) is 0 Å². The zero-order chi connectivity index (χ0) is 15.2. The Morgan fingerprint density at radius 2 is 2.38 bits per heavy atom. The molecule has 0 spiro atoms. The molecule has 21 heavy (non-hydrogen) atoms. The Kier molecular flexibility index (Phi) is 5.95. The molecule has 1 aromatic heterocycles. The summed E-state index contributed by atoms with van der Waals surface area (Å²) in [5.41, 5.74) is 0. The highest BCUT2D eigenvalue weighted by atomic mass is 32.2. The lowest BCUT2D eigenvalue weighted by Crippen LogP contribution is -2.46. The fourth-order valence-electron chi connectivity index (χ4n) is 2.07. The van der Waals surface area contributed by atoms with E-state index in [1.807, 2.05) is 0 Å². The number of thioether (sulfide) groups is 1. The molecule has 8 nitrogen and oxygen atoms in total. The van der Waals surface area contributed by atoms with E-state index in [0.29, 0.717) is 11.2 Å². The van der Waals surface area contributed by atoms with Gasteiger partial charge >= 0.3 is 5.97 Å². The third-order valence-corrected chi connectivity index (χ3v) is 4.39. The predicted octanol–water partition coefficient (Wildman–Crippen LogP) is 0.0474. The fraction of sp³-hybridized carbons (Fsp3) is 0.833. The van der Waals surface area contributed by atoms with Crippen LogP contribution >= 0.6 is 11.8 Å². The standard InChI is InChI=1S/C12H21N5O3S/c1-9(2)16-4-5-20-10(6-16)8-21-12-13-14-15-17(12)7-11(18)19-3/h9-10H,4-8H2,1-3H3. The minimum Gasteiger partial charge on any atom is -0.468 e. The van der Waals surface area contributed by atoms with Crippen molar-refractivity contribution in [1.29, 1.82) is 0 Å². The summed E-state index contributed by atoms with van der Waals surface area (Å²) in [6.07, 6.45) is 0.148. The van der Waals surface area contributed by atoms with E-state index in [0.717, 1.165) is 25.4 Å². The van der Waals surface area contributed by atoms with Crippen molar-refractivity contribution in [2.24, 2.45) is 0 Å². The number of ether oxygens (including phenoxy) is 2. The van der Waals surface area contributed by atoms with Crippen LogP contribution in [-0.4, -0.2) is 75.8 Å². The molecule has 118 valence electrons. The van der Waals surface area contributed by atoms with Crippen LogP contribution in [0.1, 0.15) is 13.8 Å². The van der Waals surface area contributed by atoms with E-state index in [-0.39, 0.29) is 18.6 Å². The van der Waals surface area contributed by atoms with Crippen LogP contribution in [0.3, 0.4) is 0 Å². The molecule has 2 rings (SSSR count). The smallest absolute Gasteiger partial charge is 0.327 e. The van der Waals surface area contributed by atoms with Crippen LogP contribution in [-0.2, 0) is 20.8 Å². The Bertz CT molecular complexity index is 468. The molecular weight excluding hydrogens is 294 g/mol. The van der Waals surface area contributed by atoms with Gasteiger partial charge < -0.3 is 9.47 Å². The number of morpholine rings is 1. The molecule has 1 saturated heterocycles. The van der Waals surface area contributed by atoms with Crippen LogP contribution in [0.2, 0.25) is 0 Å². The van der Waals surface area contributed by atoms with Crippen molar-refractivity contribution in [1.82, 2.24) is 25.1 Å². The van der Waals surface area contributed by atoms with Gasteiger partial charge in [-0.1, -0.05) is 11.8 Å². The molecule has 1 aliphatic rings. The van der Waals surface area contributed by atoms with E-state index in [4.69, 9.17) is 4.74 Å². The van der Waals surface area contributed by atoms with Gasteiger partial charge in [-0.05, 0) is 24.3 Å². The molecule has 0 N–H and O–H groups in total. The number of tetrazole rings is 1. The summed E-state index contributed by atoms with van der Waals surface area (Å²) in [6.45, 7) is 7.02. The van der Waals surface area contributed by atoms with Gasteiger partial charge in [0.1, 0.15) is 6.54 Å². The summed E-state index contributed by atoms with van der Waals surface area (Å²) in [5.74, 6) is 0.383. The Balaban J connectivity index is 1.85. The normalized spacial score (nSPS) is 19.9. The predicted molar refractivity (Wildman–Crippen MR) is 77.0 cm³/mol. The minimum absolute atomic E-state index is 0.0233. The van der Waals surface area contributed by atoms with Crippen molar-refractivity contribution in [3.63, 3.8) is 0 Å². The number of carbonyl (C=O) groups excluding carboxylic acids is 1. The maximum Gasteiger partial charge on any atom is 0.327 e. The van der Waals surface area contributed by atoms with Gasteiger partial charge in [0.15, 0.2) is 0 Å². The van der Waals surface area contributed by atoms with E-state index in [2.05, 4.69) is 39.0 Å². The Morgan fingerprint density at radius 1 is 1.57 bits per heavy atom. The molecule has 1 fully saturated rings. The van der Waals surface area contributed by atoms with Crippen LogP contribution < -0.4 is 0 Å². The quantitative estimate of drug-likeness (QED) is 0.538. The fourth-order valence-corrected chi connectivity index (χ4v) is 2.95. The van der Waals surface area contributed by atoms with Crippen LogP contribution in [0.15, 0.2) is 5.16 Å². The lowest BCUT2D eigenvalue weighted by molar-refractivity contribution is -0.141. The molecule has 2 heterocycles. The largest absolute Gasteiger partial charge is 0.468 e. The second-order valence-corrected chi connectivity index (χ2v) is 6.07. The molecule has 0 aliphatic carbocycles. The highest BCUT2D eigenvalue weighted by molar-refractivity contribution is 7.99. The molecule has 1 unspecified atom stereocenters. The molecule has 0 radical (unpaired) electrons. The molecule has 1 aromatic rings. The summed E-state index contributed by atoms with van der Waals surface area (Å²) in [5, 5.41) is 11.9. The first-order valence-corrected chi connectivity index (χ1v) is 7.90. The second-order valence-electron chi connectivity index (χ2n) is 5.09. The number of hydrogen-bond acceptors (Lipinski definition) is 8. The molecule has 0 saturated carbocycles. The average Bonchev–Trinajstić information content (AvgIpc) is 2.92. The maximum absolute atomic E-state index is 11.3. The number of esters is 1. The summed E-state index contributed by atoms with van der Waals surface area (Å²) < 4.78 is 11.8. The first-order valence-electron chi connectivity index (χ1n) is 6.91. The van der Waals surface area contributed by atoms with E-state index >= 15 is 0 Å². The van der Waals surface area contributed by atoms with Crippen molar-refractivity contribution in [2.45, 2.75) is 37.7 Å². The van der Waals surface area contributed by atoms with Gasteiger partial charge in [0.05, 0.1) is 19.8 Å². The number of aromatic nitrogens is 4. The topological polar surface area (TPSA) is 82.4 Å². The molecule has 1 atom stereocenters. The number of nitrogens with zero attached hydrogens (tertiary/aromatic N) is 5. The number of hydrogen-bond donors (Lipinski definition) is 0. The third-order valence-electron chi connectivity index (χ3n) is 3.30. The van der Waals surface area contributed by atoms with Gasteiger partial charge in [0.25, 0.3) is 0 Å². The van der Waals surface area contributed by atoms with Crippen LogP contribution in [0, 0.1) is 0 Å². The molecule has 0 amide bonds. The third kappa shape index (κ3) is 4.65. The van der Waals surface area contributed by atoms with Crippen LogP contribution in [0.4, 0.5) is 0 Å². The first kappa shape index (κ1) is 16.2. The summed E-state index contributed by atoms with van der Waals surface area (Å²) in [7, 11) is 1.34. The lowest BCUT2D eigenvalue weighted by Gasteiger charge is -2.35. The minimum atomic E-state index is -0.371. The highest BCUT2D eigenvalue weighted by Crippen LogP contribution is 2.19. The van der Waals surface area contributed by atoms with Crippen molar-refractivity contribution in [2.75, 3.05) is 32.6 Å². The first-order chi connectivity index (χ1) is 10.1. The number of carbonyl (C=O) groups is 1. The van der Waals surface area contributed by atoms with E-state index in [1.54, 1.807) is 0 Å². The Hall–Kier alpha value is -1.19. The second kappa shape index (κ2) is 7.71. The van der Waals surface area contributed by atoms with Crippen molar-refractivity contribution >= 4 is 17.7 Å². The van der Waals surface area contributed by atoms with E-state index < -0.39 is 0 Å². The maximum atomic E-state index is 11.3. The molecule has 1 aliphatic heterocycles. The van der Waals surface area contributed by atoms with Gasteiger partial charge in [0, 0.05) is 24.9 Å². The van der Waals surface area contributed by atoms with Crippen molar-refractivity contribution in [3.8, 4) is 0 Å². The zero-order valence-electron chi connectivity index (χ0n) is 12.6. The monoisotopic (exact) mass is 315 g/mol. The summed E-state index contributed by atoms with van der Waals surface area (Å²) >= 11 is 1.49. The SMILES string of the molecule is COC(=O)Cn1nnnc1SCC1CN(C(C)C)CCO1. The highest BCUT2D eigenvalue weighted by Gasteiger charge is 2.23. The van der Waals surface area contributed by atoms with Crippen LogP contribution in [0.25, 0.3) is 0 Å². The lowest BCUT2D eigenvalue weighted by atomic mass is 10.2. The van der Waals surface area contributed by atoms with Gasteiger partial charge in [-0.3, -0.25) is 9.69 Å². The molecule has 0 aromatic carbocycles. The Morgan fingerprint density at radius 3 is 3.10 bits per heavy atom. The van der Waals surface area contributed by atoms with Crippen molar-refractivity contribution < 1.29 is 14.3 Å². The number of methoxy groups -OCH3 is 1. The van der Waals surface area contributed by atoms with Gasteiger partial charge in [0.2, 0.25) is 5.16 Å². The summed E-state index contributed by atoms with van der Waals surface area (Å²) in [4.78, 5) is 13.7. The molecule has 9 heteroatoms. The van der Waals surface area contributed by atoms with Gasteiger partial charge in [-0.15, -0.1) is 5.10 Å². The van der Waals surface area contributed by atoms with Crippen LogP contribution in [0.5, 0.6) is 0 Å². The zero-order valence-corrected chi connectivity index (χ0v) is 13.4.